The fourth-order valence-corrected chi connectivity index (χ4v) is 2.84. The zero-order valence-electron chi connectivity index (χ0n) is 14.8. The van der Waals surface area contributed by atoms with E-state index < -0.39 is 0 Å². The predicted molar refractivity (Wildman–Crippen MR) is 107 cm³/mol. The molecule has 0 amide bonds. The van der Waals surface area contributed by atoms with Gasteiger partial charge in [0.25, 0.3) is 0 Å². The van der Waals surface area contributed by atoms with Gasteiger partial charge in [-0.3, -0.25) is 0 Å². The van der Waals surface area contributed by atoms with E-state index in [1.807, 2.05) is 66.9 Å². The highest BCUT2D eigenvalue weighted by Gasteiger charge is 2.07. The van der Waals surface area contributed by atoms with Gasteiger partial charge in [-0.2, -0.15) is 4.68 Å². The van der Waals surface area contributed by atoms with Gasteiger partial charge >= 0.3 is 0 Å². The number of para-hydroxylation sites is 2. The number of tetrazole rings is 1. The summed E-state index contributed by atoms with van der Waals surface area (Å²) in [5.74, 6) is 0.676. The van der Waals surface area contributed by atoms with Crippen LogP contribution in [0.5, 0.6) is 0 Å². The molecule has 0 atom stereocenters. The topological polar surface area (TPSA) is 46.8 Å². The van der Waals surface area contributed by atoms with Crippen LogP contribution in [0.15, 0.2) is 97.2 Å². The number of benzene rings is 3. The maximum absolute atomic E-state index is 4.15. The molecule has 0 saturated carbocycles. The lowest BCUT2D eigenvalue weighted by Gasteiger charge is -2.20. The standard InChI is InChI=1S/C22H19N5/c1-4-10-19(11-5-1)18-26(20-12-6-2-7-13-20)17-16-22-23-24-25-27(22)21-14-8-3-9-15-21/h1-17H,18H2/b17-16+. The lowest BCUT2D eigenvalue weighted by Crippen LogP contribution is -2.15. The molecule has 132 valence electrons. The number of nitrogens with zero attached hydrogens (tertiary/aromatic N) is 5. The van der Waals surface area contributed by atoms with Crippen molar-refractivity contribution < 1.29 is 0 Å². The molecule has 3 aromatic carbocycles. The predicted octanol–water partition coefficient (Wildman–Crippen LogP) is 4.34. The second-order valence-corrected chi connectivity index (χ2v) is 6.05. The van der Waals surface area contributed by atoms with Crippen molar-refractivity contribution >= 4 is 11.8 Å². The van der Waals surface area contributed by atoms with Gasteiger partial charge in [0.2, 0.25) is 0 Å². The van der Waals surface area contributed by atoms with E-state index in [0.29, 0.717) is 5.82 Å². The summed E-state index contributed by atoms with van der Waals surface area (Å²) in [5.41, 5.74) is 3.27. The molecule has 0 radical (unpaired) electrons. The maximum atomic E-state index is 4.15. The maximum Gasteiger partial charge on any atom is 0.181 e. The van der Waals surface area contributed by atoms with Crippen molar-refractivity contribution in [2.75, 3.05) is 4.90 Å². The van der Waals surface area contributed by atoms with Gasteiger partial charge in [0.15, 0.2) is 5.82 Å². The van der Waals surface area contributed by atoms with Crippen LogP contribution in [0.4, 0.5) is 5.69 Å². The zero-order chi connectivity index (χ0) is 18.3. The van der Waals surface area contributed by atoms with Crippen LogP contribution in [-0.2, 0) is 6.54 Å². The van der Waals surface area contributed by atoms with Gasteiger partial charge in [-0.15, -0.1) is 5.10 Å². The highest BCUT2D eigenvalue weighted by molar-refractivity contribution is 5.55. The van der Waals surface area contributed by atoms with Crippen LogP contribution in [0, 0.1) is 0 Å². The molecule has 5 nitrogen and oxygen atoms in total. The zero-order valence-corrected chi connectivity index (χ0v) is 14.8. The minimum atomic E-state index is 0.676. The molecule has 0 spiro atoms. The van der Waals surface area contributed by atoms with Crippen molar-refractivity contribution in [2.24, 2.45) is 0 Å². The molecule has 0 aliphatic carbocycles. The number of hydrogen-bond donors (Lipinski definition) is 0. The summed E-state index contributed by atoms with van der Waals surface area (Å²) in [7, 11) is 0. The molecule has 5 heteroatoms. The minimum Gasteiger partial charge on any atom is -0.343 e. The van der Waals surface area contributed by atoms with Crippen molar-refractivity contribution in [1.82, 2.24) is 20.2 Å². The molecule has 0 fully saturated rings. The number of hydrogen-bond acceptors (Lipinski definition) is 4. The molecule has 0 N–H and O–H groups in total. The van der Waals surface area contributed by atoms with Gasteiger partial charge in [-0.25, -0.2) is 0 Å². The average Bonchev–Trinajstić information content (AvgIpc) is 3.22. The van der Waals surface area contributed by atoms with Crippen molar-refractivity contribution in [3.63, 3.8) is 0 Å². The van der Waals surface area contributed by atoms with E-state index in [1.165, 1.54) is 5.56 Å². The van der Waals surface area contributed by atoms with Gasteiger partial charge in [-0.05, 0) is 40.3 Å². The summed E-state index contributed by atoms with van der Waals surface area (Å²) in [6.07, 6.45) is 3.95. The monoisotopic (exact) mass is 353 g/mol. The first-order valence-corrected chi connectivity index (χ1v) is 8.78. The van der Waals surface area contributed by atoms with Gasteiger partial charge in [-0.1, -0.05) is 66.7 Å². The Balaban J connectivity index is 1.63. The van der Waals surface area contributed by atoms with Crippen LogP contribution in [0.2, 0.25) is 0 Å². The summed E-state index contributed by atoms with van der Waals surface area (Å²) in [6, 6.07) is 30.5. The number of rotatable bonds is 6. The van der Waals surface area contributed by atoms with Crippen molar-refractivity contribution in [1.29, 1.82) is 0 Å². The molecule has 4 rings (SSSR count). The molecule has 0 aliphatic rings. The second kappa shape index (κ2) is 8.10. The highest BCUT2D eigenvalue weighted by Crippen LogP contribution is 2.18. The largest absolute Gasteiger partial charge is 0.343 e. The Labute approximate surface area is 158 Å². The van der Waals surface area contributed by atoms with Crippen LogP contribution >= 0.6 is 0 Å². The Bertz CT molecular complexity index is 995. The lowest BCUT2D eigenvalue weighted by molar-refractivity contribution is 0.786. The van der Waals surface area contributed by atoms with Gasteiger partial charge in [0, 0.05) is 24.5 Å². The molecule has 1 aromatic heterocycles. The van der Waals surface area contributed by atoms with Crippen LogP contribution in [0.25, 0.3) is 11.8 Å². The third-order valence-corrected chi connectivity index (χ3v) is 4.18. The molecule has 1 heterocycles. The lowest BCUT2D eigenvalue weighted by atomic mass is 10.2. The Morgan fingerprint density at radius 2 is 1.41 bits per heavy atom. The van der Waals surface area contributed by atoms with Gasteiger partial charge < -0.3 is 4.90 Å². The van der Waals surface area contributed by atoms with Crippen molar-refractivity contribution in [3.05, 3.63) is 109 Å². The Morgan fingerprint density at radius 3 is 2.11 bits per heavy atom. The van der Waals surface area contributed by atoms with Gasteiger partial charge in [0.1, 0.15) is 0 Å². The Hall–Kier alpha value is -3.73. The molecule has 0 aliphatic heterocycles. The first-order valence-electron chi connectivity index (χ1n) is 8.78. The number of aromatic nitrogens is 4. The molecule has 27 heavy (non-hydrogen) atoms. The smallest absolute Gasteiger partial charge is 0.181 e. The van der Waals surface area contributed by atoms with E-state index in [4.69, 9.17) is 0 Å². The van der Waals surface area contributed by atoms with Crippen LogP contribution in [0.1, 0.15) is 11.4 Å². The normalized spacial score (nSPS) is 11.0. The second-order valence-electron chi connectivity index (χ2n) is 6.05. The summed E-state index contributed by atoms with van der Waals surface area (Å²) < 4.78 is 1.72. The van der Waals surface area contributed by atoms with E-state index >= 15 is 0 Å². The molecule has 0 bridgehead atoms. The Kier molecular flexibility index (Phi) is 5.02. The quantitative estimate of drug-likeness (QED) is 0.517. The van der Waals surface area contributed by atoms with E-state index in [-0.39, 0.29) is 0 Å². The summed E-state index contributed by atoms with van der Waals surface area (Å²) in [6.45, 7) is 0.758. The first-order chi connectivity index (χ1) is 13.4. The summed E-state index contributed by atoms with van der Waals surface area (Å²) in [4.78, 5) is 2.18. The third kappa shape index (κ3) is 4.10. The third-order valence-electron chi connectivity index (χ3n) is 4.18. The van der Waals surface area contributed by atoms with E-state index in [1.54, 1.807) is 4.68 Å². The van der Waals surface area contributed by atoms with Gasteiger partial charge in [0.05, 0.1) is 5.69 Å². The van der Waals surface area contributed by atoms with Crippen LogP contribution < -0.4 is 4.90 Å². The van der Waals surface area contributed by atoms with E-state index in [0.717, 1.165) is 17.9 Å². The molecular formula is C22H19N5. The van der Waals surface area contributed by atoms with E-state index in [2.05, 4.69) is 56.8 Å². The Morgan fingerprint density at radius 1 is 0.778 bits per heavy atom. The minimum absolute atomic E-state index is 0.676. The van der Waals surface area contributed by atoms with Crippen LogP contribution in [0.3, 0.4) is 0 Å². The number of anilines is 1. The molecule has 0 saturated heterocycles. The van der Waals surface area contributed by atoms with Crippen LogP contribution in [-0.4, -0.2) is 20.2 Å². The molecule has 4 aromatic rings. The fraction of sp³-hybridized carbons (Fsp3) is 0.0455. The average molecular weight is 353 g/mol. The fourth-order valence-electron chi connectivity index (χ4n) is 2.84. The molecule has 0 unspecified atom stereocenters. The van der Waals surface area contributed by atoms with E-state index in [9.17, 15) is 0 Å². The molecular weight excluding hydrogens is 334 g/mol. The van der Waals surface area contributed by atoms with Crippen molar-refractivity contribution in [3.8, 4) is 5.69 Å². The SMILES string of the molecule is C(=C\N(Cc1ccccc1)c1ccccc1)/c1nnnn1-c1ccccc1. The first kappa shape index (κ1) is 16.7. The summed E-state index contributed by atoms with van der Waals surface area (Å²) >= 11 is 0. The highest BCUT2D eigenvalue weighted by atomic mass is 15.5. The summed E-state index contributed by atoms with van der Waals surface area (Å²) in [5, 5.41) is 12.1. The van der Waals surface area contributed by atoms with Crippen molar-refractivity contribution in [2.45, 2.75) is 6.54 Å².